The molecule has 0 fully saturated rings. The summed E-state index contributed by atoms with van der Waals surface area (Å²) in [7, 11) is 0. The van der Waals surface area contributed by atoms with Crippen molar-refractivity contribution in [2.75, 3.05) is 6.61 Å². The van der Waals surface area contributed by atoms with Gasteiger partial charge in [-0.15, -0.1) is 0 Å². The van der Waals surface area contributed by atoms with Crippen molar-refractivity contribution in [2.45, 2.75) is 13.8 Å². The van der Waals surface area contributed by atoms with Crippen molar-refractivity contribution in [3.05, 3.63) is 73.9 Å². The highest BCUT2D eigenvalue weighted by molar-refractivity contribution is 6.00. The van der Waals surface area contributed by atoms with Crippen molar-refractivity contribution in [1.82, 2.24) is 4.98 Å². The van der Waals surface area contributed by atoms with Gasteiger partial charge in [0.1, 0.15) is 5.56 Å². The van der Waals surface area contributed by atoms with Gasteiger partial charge in [-0.3, -0.25) is 14.9 Å². The minimum Gasteiger partial charge on any atom is -0.462 e. The highest BCUT2D eigenvalue weighted by atomic mass is 16.6. The van der Waals surface area contributed by atoms with Crippen LogP contribution in [0.5, 0.6) is 0 Å². The Kier molecular flexibility index (Phi) is 4.53. The van der Waals surface area contributed by atoms with E-state index in [2.05, 4.69) is 4.98 Å². The van der Waals surface area contributed by atoms with E-state index in [0.29, 0.717) is 16.5 Å². The standard InChI is InChI=1S/C19H16N2O5/c1-3-26-19(23)16-17(12-5-7-13(8-6-12)21(24)25)20-15-10-11(2)4-9-14(15)18(16)22/h4-10H,3H2,1-2H3,(H,20,22). The smallest absolute Gasteiger partial charge is 0.344 e. The van der Waals surface area contributed by atoms with Gasteiger partial charge in [-0.2, -0.15) is 0 Å². The molecular formula is C19H16N2O5. The minimum atomic E-state index is -0.732. The number of nitro groups is 1. The molecule has 3 aromatic rings. The van der Waals surface area contributed by atoms with Gasteiger partial charge in [0.15, 0.2) is 0 Å². The van der Waals surface area contributed by atoms with Crippen molar-refractivity contribution in [3.63, 3.8) is 0 Å². The quantitative estimate of drug-likeness (QED) is 0.439. The number of ether oxygens (including phenoxy) is 1. The van der Waals surface area contributed by atoms with Gasteiger partial charge in [0.2, 0.25) is 5.43 Å². The van der Waals surface area contributed by atoms with E-state index in [1.54, 1.807) is 25.1 Å². The Morgan fingerprint density at radius 1 is 1.19 bits per heavy atom. The first-order valence-corrected chi connectivity index (χ1v) is 8.01. The molecule has 0 saturated heterocycles. The summed E-state index contributed by atoms with van der Waals surface area (Å²) in [5.74, 6) is -0.732. The number of hydrogen-bond donors (Lipinski definition) is 1. The number of esters is 1. The molecule has 0 aliphatic heterocycles. The summed E-state index contributed by atoms with van der Waals surface area (Å²) in [6, 6.07) is 10.9. The Balaban J connectivity index is 2.30. The van der Waals surface area contributed by atoms with Crippen LogP contribution < -0.4 is 5.43 Å². The number of nitrogens with one attached hydrogen (secondary N) is 1. The van der Waals surface area contributed by atoms with Crippen LogP contribution in [-0.4, -0.2) is 22.5 Å². The zero-order valence-electron chi connectivity index (χ0n) is 14.2. The number of benzene rings is 2. The first-order chi connectivity index (χ1) is 12.4. The predicted octanol–water partition coefficient (Wildman–Crippen LogP) is 3.59. The van der Waals surface area contributed by atoms with E-state index in [1.807, 2.05) is 6.92 Å². The summed E-state index contributed by atoms with van der Waals surface area (Å²) in [6.07, 6.45) is 0. The molecule has 0 unspecified atom stereocenters. The average Bonchev–Trinajstić information content (AvgIpc) is 2.61. The van der Waals surface area contributed by atoms with Crippen LogP contribution in [0.4, 0.5) is 5.69 Å². The fraction of sp³-hybridized carbons (Fsp3) is 0.158. The van der Waals surface area contributed by atoms with Crippen molar-refractivity contribution in [3.8, 4) is 11.3 Å². The summed E-state index contributed by atoms with van der Waals surface area (Å²) >= 11 is 0. The molecule has 3 rings (SSSR count). The van der Waals surface area contributed by atoms with Gasteiger partial charge in [0, 0.05) is 17.5 Å². The number of aryl methyl sites for hydroxylation is 1. The molecule has 2 aromatic carbocycles. The van der Waals surface area contributed by atoms with Crippen LogP contribution in [0.2, 0.25) is 0 Å². The Morgan fingerprint density at radius 3 is 2.50 bits per heavy atom. The van der Waals surface area contributed by atoms with Crippen molar-refractivity contribution in [1.29, 1.82) is 0 Å². The lowest BCUT2D eigenvalue weighted by atomic mass is 10.0. The van der Waals surface area contributed by atoms with E-state index in [4.69, 9.17) is 4.74 Å². The molecule has 0 spiro atoms. The van der Waals surface area contributed by atoms with Crippen LogP contribution in [-0.2, 0) is 4.74 Å². The maximum Gasteiger partial charge on any atom is 0.344 e. The lowest BCUT2D eigenvalue weighted by Gasteiger charge is -2.11. The number of nitro benzene ring substituents is 1. The number of non-ortho nitro benzene ring substituents is 1. The maximum atomic E-state index is 12.9. The number of hydrogen-bond acceptors (Lipinski definition) is 5. The van der Waals surface area contributed by atoms with Crippen LogP contribution in [0.1, 0.15) is 22.8 Å². The second-order valence-corrected chi connectivity index (χ2v) is 5.78. The predicted molar refractivity (Wildman–Crippen MR) is 97.4 cm³/mol. The van der Waals surface area contributed by atoms with Gasteiger partial charge in [-0.05, 0) is 49.2 Å². The molecule has 7 nitrogen and oxygen atoms in total. The van der Waals surface area contributed by atoms with Crippen LogP contribution in [0, 0.1) is 17.0 Å². The molecule has 0 atom stereocenters. The highest BCUT2D eigenvalue weighted by Crippen LogP contribution is 2.25. The van der Waals surface area contributed by atoms with Crippen LogP contribution in [0.15, 0.2) is 47.3 Å². The Bertz CT molecular complexity index is 1070. The second kappa shape index (κ2) is 6.79. The molecule has 0 bridgehead atoms. The third-order valence-electron chi connectivity index (χ3n) is 4.00. The summed E-state index contributed by atoms with van der Waals surface area (Å²) in [6.45, 7) is 3.68. The van der Waals surface area contributed by atoms with Gasteiger partial charge >= 0.3 is 5.97 Å². The van der Waals surface area contributed by atoms with Crippen molar-refractivity contribution < 1.29 is 14.5 Å². The third-order valence-corrected chi connectivity index (χ3v) is 4.00. The number of rotatable bonds is 4. The minimum absolute atomic E-state index is 0.0783. The molecule has 0 aliphatic rings. The molecular weight excluding hydrogens is 336 g/mol. The maximum absolute atomic E-state index is 12.9. The zero-order chi connectivity index (χ0) is 18.8. The number of carbonyl (C=O) groups excluding carboxylic acids is 1. The summed E-state index contributed by atoms with van der Waals surface area (Å²) in [5.41, 5.74) is 1.66. The number of carbonyl (C=O) groups is 1. The lowest BCUT2D eigenvalue weighted by molar-refractivity contribution is -0.384. The Hall–Kier alpha value is -3.48. The van der Waals surface area contributed by atoms with E-state index in [0.717, 1.165) is 5.56 Å². The number of nitrogens with zero attached hydrogens (tertiary/aromatic N) is 1. The van der Waals surface area contributed by atoms with E-state index < -0.39 is 16.3 Å². The monoisotopic (exact) mass is 352 g/mol. The first-order valence-electron chi connectivity index (χ1n) is 8.01. The van der Waals surface area contributed by atoms with E-state index >= 15 is 0 Å². The summed E-state index contributed by atoms with van der Waals surface area (Å²) in [4.78, 5) is 38.7. The number of aromatic amines is 1. The molecule has 1 aromatic heterocycles. The summed E-state index contributed by atoms with van der Waals surface area (Å²) < 4.78 is 5.04. The first kappa shape index (κ1) is 17.3. The molecule has 26 heavy (non-hydrogen) atoms. The summed E-state index contributed by atoms with van der Waals surface area (Å²) in [5, 5.41) is 11.2. The topological polar surface area (TPSA) is 102 Å². The highest BCUT2D eigenvalue weighted by Gasteiger charge is 2.21. The number of fused-ring (bicyclic) bond motifs is 1. The van der Waals surface area contributed by atoms with Crippen LogP contribution in [0.3, 0.4) is 0 Å². The second-order valence-electron chi connectivity index (χ2n) is 5.78. The van der Waals surface area contributed by atoms with Crippen molar-refractivity contribution in [2.24, 2.45) is 0 Å². The van der Waals surface area contributed by atoms with E-state index in [9.17, 15) is 19.7 Å². The van der Waals surface area contributed by atoms with Gasteiger partial charge in [-0.1, -0.05) is 6.07 Å². The van der Waals surface area contributed by atoms with Gasteiger partial charge in [-0.25, -0.2) is 4.79 Å². The molecule has 0 amide bonds. The van der Waals surface area contributed by atoms with E-state index in [1.165, 1.54) is 24.3 Å². The van der Waals surface area contributed by atoms with Crippen molar-refractivity contribution >= 4 is 22.6 Å². The van der Waals surface area contributed by atoms with Gasteiger partial charge in [0.05, 0.1) is 22.7 Å². The molecule has 132 valence electrons. The molecule has 7 heteroatoms. The van der Waals surface area contributed by atoms with Crippen LogP contribution >= 0.6 is 0 Å². The fourth-order valence-electron chi connectivity index (χ4n) is 2.77. The molecule has 0 aliphatic carbocycles. The Morgan fingerprint density at radius 2 is 1.88 bits per heavy atom. The van der Waals surface area contributed by atoms with Crippen LogP contribution in [0.25, 0.3) is 22.2 Å². The third kappa shape index (κ3) is 3.06. The average molecular weight is 352 g/mol. The largest absolute Gasteiger partial charge is 0.462 e. The molecule has 1 N–H and O–H groups in total. The van der Waals surface area contributed by atoms with Gasteiger partial charge in [0.25, 0.3) is 5.69 Å². The zero-order valence-corrected chi connectivity index (χ0v) is 14.2. The number of H-pyrrole nitrogens is 1. The fourth-order valence-corrected chi connectivity index (χ4v) is 2.77. The number of aromatic nitrogens is 1. The SMILES string of the molecule is CCOC(=O)c1c(-c2ccc([N+](=O)[O-])cc2)[nH]c2cc(C)ccc2c1=O. The Labute approximate surface area is 148 Å². The molecule has 0 radical (unpaired) electrons. The normalized spacial score (nSPS) is 10.7. The molecule has 0 saturated carbocycles. The number of pyridine rings is 1. The van der Waals surface area contributed by atoms with Gasteiger partial charge < -0.3 is 9.72 Å². The lowest BCUT2D eigenvalue weighted by Crippen LogP contribution is -2.20. The molecule has 1 heterocycles. The van der Waals surface area contributed by atoms with E-state index in [-0.39, 0.29) is 23.6 Å².